The number of urea groups is 1. The largest absolute Gasteiger partial charge is 0.488 e. The molecule has 1 saturated carbocycles. The van der Waals surface area contributed by atoms with E-state index in [1.54, 1.807) is 24.3 Å². The Labute approximate surface area is 162 Å². The molecule has 1 aromatic rings. The third kappa shape index (κ3) is 5.01. The number of hydrogen-bond acceptors (Lipinski definition) is 5. The fourth-order valence-corrected chi connectivity index (χ4v) is 3.24. The normalized spacial score (nSPS) is 17.2. The van der Waals surface area contributed by atoms with Crippen molar-refractivity contribution in [2.24, 2.45) is 0 Å². The fourth-order valence-electron chi connectivity index (χ4n) is 3.06. The maximum absolute atomic E-state index is 12.3. The van der Waals surface area contributed by atoms with Gasteiger partial charge >= 0.3 is 12.0 Å². The zero-order valence-corrected chi connectivity index (χ0v) is 15.7. The predicted molar refractivity (Wildman–Crippen MR) is 99.4 cm³/mol. The van der Waals surface area contributed by atoms with Crippen LogP contribution in [-0.2, 0) is 14.3 Å². The number of hydrogen-bond donors (Lipinski definition) is 2. The second-order valence-corrected chi connectivity index (χ2v) is 7.07. The summed E-state index contributed by atoms with van der Waals surface area (Å²) in [4.78, 5) is 36.2. The number of esters is 1. The third-order valence-corrected chi connectivity index (χ3v) is 4.76. The van der Waals surface area contributed by atoms with Crippen molar-refractivity contribution < 1.29 is 23.9 Å². The molecule has 1 heterocycles. The number of imide groups is 1. The Morgan fingerprint density at radius 2 is 2.00 bits per heavy atom. The molecule has 0 radical (unpaired) electrons. The molecule has 1 aromatic carbocycles. The Bertz CT molecular complexity index is 786. The highest BCUT2D eigenvalue weighted by Gasteiger charge is 2.25. The molecule has 8 heteroatoms. The lowest BCUT2D eigenvalue weighted by atomic mass is 10.1. The number of nitrogens with one attached hydrogen (secondary N) is 2. The first-order valence-electron chi connectivity index (χ1n) is 8.87. The average molecular weight is 393 g/mol. The second kappa shape index (κ2) is 8.43. The van der Waals surface area contributed by atoms with Crippen molar-refractivity contribution in [2.45, 2.75) is 44.8 Å². The van der Waals surface area contributed by atoms with E-state index in [4.69, 9.17) is 21.1 Å². The smallest absolute Gasteiger partial charge is 0.338 e. The highest BCUT2D eigenvalue weighted by molar-refractivity contribution is 6.30. The van der Waals surface area contributed by atoms with Gasteiger partial charge in [0.25, 0.3) is 5.91 Å². The van der Waals surface area contributed by atoms with Crippen molar-refractivity contribution in [2.75, 3.05) is 6.61 Å². The van der Waals surface area contributed by atoms with Gasteiger partial charge in [-0.25, -0.2) is 9.59 Å². The van der Waals surface area contributed by atoms with Gasteiger partial charge in [0.05, 0.1) is 5.57 Å². The molecule has 0 saturated heterocycles. The number of carbonyl (C=O) groups excluding carboxylic acids is 3. The molecule has 0 aromatic heterocycles. The van der Waals surface area contributed by atoms with E-state index in [-0.39, 0.29) is 18.2 Å². The van der Waals surface area contributed by atoms with Crippen LogP contribution in [0.15, 0.2) is 23.8 Å². The topological polar surface area (TPSA) is 93.7 Å². The number of rotatable bonds is 4. The summed E-state index contributed by atoms with van der Waals surface area (Å²) in [5.41, 5.74) is 0.925. The number of halogens is 1. The van der Waals surface area contributed by atoms with Crippen molar-refractivity contribution in [1.29, 1.82) is 0 Å². The number of ether oxygens (including phenoxy) is 2. The predicted octanol–water partition coefficient (Wildman–Crippen LogP) is 2.82. The zero-order chi connectivity index (χ0) is 19.4. The zero-order valence-electron chi connectivity index (χ0n) is 14.9. The highest BCUT2D eigenvalue weighted by Crippen LogP contribution is 2.29. The molecule has 7 nitrogen and oxygen atoms in total. The molecule has 1 fully saturated rings. The van der Waals surface area contributed by atoms with Crippen LogP contribution < -0.4 is 15.4 Å². The number of fused-ring (bicyclic) bond motifs is 1. The standard InChI is InChI=1S/C19H21ClN2O5/c1-11(17(23)22-19(25)21-15-4-2-3-5-15)27-18(24)13-8-12-9-14(20)6-7-16(12)26-10-13/h6-9,11,15H,2-5,10H2,1H3,(H2,21,22,23,25). The molecule has 2 aliphatic rings. The summed E-state index contributed by atoms with van der Waals surface area (Å²) in [6.45, 7) is 1.44. The second-order valence-electron chi connectivity index (χ2n) is 6.63. The van der Waals surface area contributed by atoms with Crippen LogP contribution in [0.1, 0.15) is 38.2 Å². The summed E-state index contributed by atoms with van der Waals surface area (Å²) in [7, 11) is 0. The van der Waals surface area contributed by atoms with Crippen LogP contribution in [-0.4, -0.2) is 36.7 Å². The minimum absolute atomic E-state index is 0.0317. The van der Waals surface area contributed by atoms with E-state index >= 15 is 0 Å². The maximum atomic E-state index is 12.3. The van der Waals surface area contributed by atoms with Crippen molar-refractivity contribution >= 4 is 35.6 Å². The summed E-state index contributed by atoms with van der Waals surface area (Å²) in [5, 5.41) is 5.46. The molecule has 144 valence electrons. The highest BCUT2D eigenvalue weighted by atomic mass is 35.5. The van der Waals surface area contributed by atoms with Crippen LogP contribution >= 0.6 is 11.6 Å². The van der Waals surface area contributed by atoms with Crippen LogP contribution in [0.3, 0.4) is 0 Å². The van der Waals surface area contributed by atoms with Gasteiger partial charge in [-0.1, -0.05) is 24.4 Å². The van der Waals surface area contributed by atoms with Gasteiger partial charge in [0.2, 0.25) is 0 Å². The minimum atomic E-state index is -1.12. The molecule has 1 aliphatic carbocycles. The van der Waals surface area contributed by atoms with Crippen LogP contribution in [0.25, 0.3) is 6.08 Å². The first kappa shape index (κ1) is 19.2. The molecular weight excluding hydrogens is 372 g/mol. The van der Waals surface area contributed by atoms with E-state index < -0.39 is 24.0 Å². The minimum Gasteiger partial charge on any atom is -0.488 e. The van der Waals surface area contributed by atoms with Gasteiger partial charge in [-0.3, -0.25) is 10.1 Å². The molecule has 1 unspecified atom stereocenters. The fraction of sp³-hybridized carbons (Fsp3) is 0.421. The maximum Gasteiger partial charge on any atom is 0.338 e. The summed E-state index contributed by atoms with van der Waals surface area (Å²) >= 11 is 5.95. The van der Waals surface area contributed by atoms with Gasteiger partial charge in [-0.05, 0) is 44.0 Å². The molecule has 1 aliphatic heterocycles. The lowest BCUT2D eigenvalue weighted by Crippen LogP contribution is -2.47. The Balaban J connectivity index is 1.53. The van der Waals surface area contributed by atoms with Crippen LogP contribution in [0, 0.1) is 0 Å². The van der Waals surface area contributed by atoms with Crippen molar-refractivity contribution in [1.82, 2.24) is 10.6 Å². The quantitative estimate of drug-likeness (QED) is 0.768. The number of benzene rings is 1. The van der Waals surface area contributed by atoms with Gasteiger partial charge in [0.15, 0.2) is 6.10 Å². The molecule has 27 heavy (non-hydrogen) atoms. The van der Waals surface area contributed by atoms with Gasteiger partial charge in [0.1, 0.15) is 12.4 Å². The summed E-state index contributed by atoms with van der Waals surface area (Å²) in [6, 6.07) is 4.61. The molecule has 0 bridgehead atoms. The summed E-state index contributed by atoms with van der Waals surface area (Å²) < 4.78 is 10.7. The lowest BCUT2D eigenvalue weighted by molar-refractivity contribution is -0.151. The lowest BCUT2D eigenvalue weighted by Gasteiger charge is -2.19. The molecule has 1 atom stereocenters. The van der Waals surface area contributed by atoms with Crippen LogP contribution in [0.2, 0.25) is 5.02 Å². The van der Waals surface area contributed by atoms with E-state index in [0.29, 0.717) is 16.3 Å². The molecular formula is C19H21ClN2O5. The van der Waals surface area contributed by atoms with Gasteiger partial charge < -0.3 is 14.8 Å². The van der Waals surface area contributed by atoms with Crippen molar-refractivity contribution in [3.05, 3.63) is 34.4 Å². The van der Waals surface area contributed by atoms with Gasteiger partial charge in [-0.15, -0.1) is 0 Å². The Kier molecular flexibility index (Phi) is 6.01. The number of amides is 3. The Morgan fingerprint density at radius 1 is 1.26 bits per heavy atom. The summed E-state index contributed by atoms with van der Waals surface area (Å²) in [5.74, 6) is -0.746. The van der Waals surface area contributed by atoms with E-state index in [1.807, 2.05) is 0 Å². The monoisotopic (exact) mass is 392 g/mol. The number of carbonyl (C=O) groups is 3. The third-order valence-electron chi connectivity index (χ3n) is 4.53. The Morgan fingerprint density at radius 3 is 2.74 bits per heavy atom. The van der Waals surface area contributed by atoms with Crippen molar-refractivity contribution in [3.8, 4) is 5.75 Å². The average Bonchev–Trinajstić information content (AvgIpc) is 3.13. The molecule has 0 spiro atoms. The van der Waals surface area contributed by atoms with Crippen LogP contribution in [0.5, 0.6) is 5.75 Å². The summed E-state index contributed by atoms with van der Waals surface area (Å²) in [6.07, 6.45) is 4.45. The molecule has 2 N–H and O–H groups in total. The van der Waals surface area contributed by atoms with Gasteiger partial charge in [-0.2, -0.15) is 0 Å². The van der Waals surface area contributed by atoms with E-state index in [0.717, 1.165) is 25.7 Å². The molecule has 3 rings (SSSR count). The van der Waals surface area contributed by atoms with Crippen LogP contribution in [0.4, 0.5) is 4.79 Å². The SMILES string of the molecule is CC(OC(=O)C1=Cc2cc(Cl)ccc2OC1)C(=O)NC(=O)NC1CCCC1. The van der Waals surface area contributed by atoms with Crippen molar-refractivity contribution in [3.63, 3.8) is 0 Å². The van der Waals surface area contributed by atoms with Gasteiger partial charge in [0, 0.05) is 16.6 Å². The van der Waals surface area contributed by atoms with E-state index in [9.17, 15) is 14.4 Å². The Hall–Kier alpha value is -2.54. The van der Waals surface area contributed by atoms with E-state index in [2.05, 4.69) is 10.6 Å². The first-order chi connectivity index (χ1) is 12.9. The first-order valence-corrected chi connectivity index (χ1v) is 9.25. The molecule has 3 amide bonds. The van der Waals surface area contributed by atoms with E-state index in [1.165, 1.54) is 6.92 Å².